The number of hydrogen-bond donors (Lipinski definition) is 1. The average molecular weight is 271 g/mol. The molecule has 0 spiro atoms. The Balaban J connectivity index is 3.68. The average Bonchev–Trinajstić information content (AvgIpc) is 2.13. The largest absolute Gasteiger partial charge is 0.387 e. The van der Waals surface area contributed by atoms with Crippen molar-refractivity contribution in [2.45, 2.75) is 11.3 Å². The van der Waals surface area contributed by atoms with Crippen LogP contribution in [0.5, 0.6) is 0 Å². The van der Waals surface area contributed by atoms with E-state index < -0.39 is 43.6 Å². The maximum Gasteiger partial charge on any atom is 0.387 e. The molecule has 0 saturated heterocycles. The minimum atomic E-state index is -4.78. The summed E-state index contributed by atoms with van der Waals surface area (Å²) >= 11 is 0. The molecule has 0 aliphatic rings. The van der Waals surface area contributed by atoms with Gasteiger partial charge in [0, 0.05) is 6.07 Å². The summed E-state index contributed by atoms with van der Waals surface area (Å²) in [5.41, 5.74) is -1.25. The van der Waals surface area contributed by atoms with Gasteiger partial charge in [-0.2, -0.15) is 0 Å². The van der Waals surface area contributed by atoms with Crippen molar-refractivity contribution >= 4 is 15.8 Å². The molecule has 0 unspecified atom stereocenters. The molecule has 0 bridgehead atoms. The molecule has 0 atom stereocenters. The van der Waals surface area contributed by atoms with E-state index in [4.69, 9.17) is 0 Å². The van der Waals surface area contributed by atoms with E-state index in [2.05, 4.69) is 10.1 Å². The van der Waals surface area contributed by atoms with Crippen LogP contribution in [-0.4, -0.2) is 18.3 Å². The summed E-state index contributed by atoms with van der Waals surface area (Å²) < 4.78 is 59.3. The number of aromatic nitrogens is 1. The lowest BCUT2D eigenvalue weighted by molar-refractivity contribution is -0.393. The SMILES string of the molecule is NS(=O)(=O)c1c(F)cc(C(F)F)nc1[N+](=O)[O-]. The quantitative estimate of drug-likeness (QED) is 0.642. The molecular formula is C6H4F3N3O4S. The molecule has 94 valence electrons. The Kier molecular flexibility index (Phi) is 3.33. The van der Waals surface area contributed by atoms with Gasteiger partial charge in [0.1, 0.15) is 0 Å². The summed E-state index contributed by atoms with van der Waals surface area (Å²) in [7, 11) is -4.78. The highest BCUT2D eigenvalue weighted by molar-refractivity contribution is 7.89. The summed E-state index contributed by atoms with van der Waals surface area (Å²) in [5, 5.41) is 14.9. The number of halogens is 3. The Morgan fingerprint density at radius 3 is 2.35 bits per heavy atom. The first-order valence-electron chi connectivity index (χ1n) is 3.80. The van der Waals surface area contributed by atoms with Gasteiger partial charge < -0.3 is 10.1 Å². The number of pyridine rings is 1. The fourth-order valence-electron chi connectivity index (χ4n) is 1.01. The number of hydrogen-bond acceptors (Lipinski definition) is 5. The lowest BCUT2D eigenvalue weighted by Gasteiger charge is -2.03. The molecule has 0 fully saturated rings. The van der Waals surface area contributed by atoms with Gasteiger partial charge in [-0.15, -0.1) is 0 Å². The van der Waals surface area contributed by atoms with Crippen molar-refractivity contribution < 1.29 is 26.5 Å². The van der Waals surface area contributed by atoms with Crippen LogP contribution in [0.15, 0.2) is 11.0 Å². The van der Waals surface area contributed by atoms with E-state index in [-0.39, 0.29) is 6.07 Å². The molecule has 0 aromatic carbocycles. The zero-order valence-corrected chi connectivity index (χ0v) is 8.62. The molecule has 1 rings (SSSR count). The van der Waals surface area contributed by atoms with E-state index in [1.807, 2.05) is 0 Å². The van der Waals surface area contributed by atoms with Gasteiger partial charge in [-0.25, -0.2) is 26.7 Å². The van der Waals surface area contributed by atoms with Crippen molar-refractivity contribution in [2.24, 2.45) is 5.14 Å². The maximum atomic E-state index is 13.2. The molecule has 17 heavy (non-hydrogen) atoms. The van der Waals surface area contributed by atoms with Crippen molar-refractivity contribution in [1.82, 2.24) is 4.98 Å². The van der Waals surface area contributed by atoms with Crippen LogP contribution in [0.3, 0.4) is 0 Å². The Labute approximate surface area is 92.3 Å². The molecule has 1 aromatic heterocycles. The van der Waals surface area contributed by atoms with E-state index in [9.17, 15) is 31.7 Å². The molecule has 1 heterocycles. The second-order valence-electron chi connectivity index (χ2n) is 2.78. The Hall–Kier alpha value is -1.75. The van der Waals surface area contributed by atoms with Crippen molar-refractivity contribution in [2.75, 3.05) is 0 Å². The fraction of sp³-hybridized carbons (Fsp3) is 0.167. The van der Waals surface area contributed by atoms with Gasteiger partial charge in [-0.1, -0.05) is 0 Å². The van der Waals surface area contributed by atoms with Gasteiger partial charge in [-0.3, -0.25) is 0 Å². The van der Waals surface area contributed by atoms with Crippen LogP contribution in [0.25, 0.3) is 0 Å². The first-order valence-corrected chi connectivity index (χ1v) is 5.35. The van der Waals surface area contributed by atoms with Gasteiger partial charge in [-0.05, 0) is 9.91 Å². The van der Waals surface area contributed by atoms with Crippen molar-refractivity contribution in [1.29, 1.82) is 0 Å². The molecule has 0 saturated carbocycles. The standard InChI is InChI=1S/C6H4F3N3O4S/c7-2-1-3(5(8)9)11-6(12(13)14)4(2)17(10,15)16/h1,5H,(H2,10,15,16). The molecule has 11 heteroatoms. The molecule has 1 aromatic rings. The monoisotopic (exact) mass is 271 g/mol. The second kappa shape index (κ2) is 4.25. The number of primary sulfonamides is 1. The number of rotatable bonds is 3. The van der Waals surface area contributed by atoms with Gasteiger partial charge in [0.25, 0.3) is 0 Å². The lowest BCUT2D eigenvalue weighted by atomic mass is 10.3. The molecule has 0 aliphatic carbocycles. The third-order valence-electron chi connectivity index (χ3n) is 1.61. The summed E-state index contributed by atoms with van der Waals surface area (Å²) in [6.07, 6.45) is -3.28. The Bertz CT molecular complexity index is 574. The predicted octanol–water partition coefficient (Wildman–Crippen LogP) is 0.714. The summed E-state index contributed by atoms with van der Waals surface area (Å²) in [6, 6.07) is 0.0808. The number of nitrogens with two attached hydrogens (primary N) is 1. The zero-order valence-electron chi connectivity index (χ0n) is 7.80. The summed E-state index contributed by atoms with van der Waals surface area (Å²) in [5.74, 6) is -3.31. The van der Waals surface area contributed by atoms with E-state index in [1.165, 1.54) is 0 Å². The molecule has 7 nitrogen and oxygen atoms in total. The summed E-state index contributed by atoms with van der Waals surface area (Å²) in [4.78, 5) is 10.2. The van der Waals surface area contributed by atoms with Crippen molar-refractivity contribution in [3.63, 3.8) is 0 Å². The highest BCUT2D eigenvalue weighted by atomic mass is 32.2. The van der Waals surface area contributed by atoms with Gasteiger partial charge in [0.15, 0.2) is 5.82 Å². The van der Waals surface area contributed by atoms with Crippen LogP contribution in [0.4, 0.5) is 19.0 Å². The van der Waals surface area contributed by atoms with Crippen LogP contribution in [0, 0.1) is 15.9 Å². The van der Waals surface area contributed by atoms with E-state index in [1.54, 1.807) is 0 Å². The normalized spacial score (nSPS) is 11.8. The number of sulfonamides is 1. The second-order valence-corrected chi connectivity index (χ2v) is 4.28. The smallest absolute Gasteiger partial charge is 0.358 e. The third-order valence-corrected chi connectivity index (χ3v) is 2.56. The van der Waals surface area contributed by atoms with Crippen LogP contribution < -0.4 is 5.14 Å². The minimum absolute atomic E-state index is 0.0808. The topological polar surface area (TPSA) is 116 Å². The van der Waals surface area contributed by atoms with E-state index in [0.29, 0.717) is 0 Å². The van der Waals surface area contributed by atoms with Crippen LogP contribution in [-0.2, 0) is 10.0 Å². The zero-order chi connectivity index (χ0) is 13.4. The highest BCUT2D eigenvalue weighted by Crippen LogP contribution is 2.27. The Morgan fingerprint density at radius 2 is 2.00 bits per heavy atom. The highest BCUT2D eigenvalue weighted by Gasteiger charge is 2.33. The predicted molar refractivity (Wildman–Crippen MR) is 47.2 cm³/mol. The van der Waals surface area contributed by atoms with Crippen LogP contribution >= 0.6 is 0 Å². The fourth-order valence-corrected chi connectivity index (χ4v) is 1.71. The first kappa shape index (κ1) is 13.3. The molecular weight excluding hydrogens is 267 g/mol. The van der Waals surface area contributed by atoms with Crippen LogP contribution in [0.1, 0.15) is 12.1 Å². The lowest BCUT2D eigenvalue weighted by Crippen LogP contribution is -2.18. The Morgan fingerprint density at radius 1 is 1.47 bits per heavy atom. The first-order chi connectivity index (χ1) is 7.64. The molecule has 0 radical (unpaired) electrons. The summed E-state index contributed by atoms with van der Waals surface area (Å²) in [6.45, 7) is 0. The number of alkyl halides is 2. The van der Waals surface area contributed by atoms with Crippen molar-refractivity contribution in [3.8, 4) is 0 Å². The van der Waals surface area contributed by atoms with Crippen molar-refractivity contribution in [3.05, 3.63) is 27.7 Å². The maximum absolute atomic E-state index is 13.2. The third kappa shape index (κ3) is 2.68. The number of nitrogens with zero attached hydrogens (tertiary/aromatic N) is 2. The molecule has 0 amide bonds. The van der Waals surface area contributed by atoms with E-state index in [0.717, 1.165) is 0 Å². The van der Waals surface area contributed by atoms with Crippen LogP contribution in [0.2, 0.25) is 0 Å². The van der Waals surface area contributed by atoms with Gasteiger partial charge >= 0.3 is 12.2 Å². The number of nitro groups is 1. The van der Waals surface area contributed by atoms with E-state index >= 15 is 0 Å². The molecule has 0 aliphatic heterocycles. The van der Waals surface area contributed by atoms with Gasteiger partial charge in [0.2, 0.25) is 20.6 Å². The van der Waals surface area contributed by atoms with Gasteiger partial charge in [0.05, 0.1) is 0 Å². The molecule has 2 N–H and O–H groups in total. The minimum Gasteiger partial charge on any atom is -0.358 e.